The van der Waals surface area contributed by atoms with E-state index in [1.807, 2.05) is 0 Å². The lowest BCUT2D eigenvalue weighted by atomic mass is 10.1. The molecule has 1 heterocycles. The highest BCUT2D eigenvalue weighted by molar-refractivity contribution is 5.93. The van der Waals surface area contributed by atoms with Crippen molar-refractivity contribution < 1.29 is 9.90 Å². The Labute approximate surface area is 89.3 Å². The van der Waals surface area contributed by atoms with E-state index in [-0.39, 0.29) is 5.56 Å². The Morgan fingerprint density at radius 2 is 2.40 bits per heavy atom. The predicted octanol–water partition coefficient (Wildman–Crippen LogP) is 2.24. The molecule has 0 saturated carbocycles. The molecule has 0 bridgehead atoms. The average molecular weight is 208 g/mol. The smallest absolute Gasteiger partial charge is 0.337 e. The predicted molar refractivity (Wildman–Crippen MR) is 59.1 cm³/mol. The number of aromatic nitrogens is 1. The molecule has 1 atom stereocenters. The van der Waals surface area contributed by atoms with Crippen LogP contribution in [0.2, 0.25) is 0 Å². The monoisotopic (exact) mass is 208 g/mol. The van der Waals surface area contributed by atoms with E-state index < -0.39 is 5.97 Å². The molecule has 1 aromatic rings. The van der Waals surface area contributed by atoms with Gasteiger partial charge in [0.25, 0.3) is 0 Å². The molecule has 1 rings (SSSR count). The van der Waals surface area contributed by atoms with Crippen molar-refractivity contribution in [2.75, 3.05) is 11.9 Å². The van der Waals surface area contributed by atoms with Gasteiger partial charge in [0.05, 0.1) is 17.4 Å². The molecule has 0 radical (unpaired) electrons. The third-order valence-electron chi connectivity index (χ3n) is 2.39. The van der Waals surface area contributed by atoms with Crippen LogP contribution in [-0.4, -0.2) is 22.6 Å². The largest absolute Gasteiger partial charge is 0.478 e. The highest BCUT2D eigenvalue weighted by atomic mass is 16.4. The van der Waals surface area contributed by atoms with E-state index in [2.05, 4.69) is 24.1 Å². The summed E-state index contributed by atoms with van der Waals surface area (Å²) in [6, 6.07) is 1.50. The summed E-state index contributed by atoms with van der Waals surface area (Å²) in [5.74, 6) is -0.407. The van der Waals surface area contributed by atoms with Crippen molar-refractivity contribution in [3.8, 4) is 0 Å². The van der Waals surface area contributed by atoms with Crippen LogP contribution in [0, 0.1) is 5.92 Å². The molecule has 0 aliphatic carbocycles. The molecule has 1 aromatic heterocycles. The normalized spacial score (nSPS) is 12.1. The highest BCUT2D eigenvalue weighted by Gasteiger charge is 2.09. The van der Waals surface area contributed by atoms with E-state index in [0.717, 1.165) is 13.0 Å². The van der Waals surface area contributed by atoms with Gasteiger partial charge in [0.15, 0.2) is 0 Å². The number of carboxylic acids is 1. The molecule has 0 saturated heterocycles. The third-order valence-corrected chi connectivity index (χ3v) is 2.39. The van der Waals surface area contributed by atoms with Crippen molar-refractivity contribution in [2.45, 2.75) is 20.3 Å². The fraction of sp³-hybridized carbons (Fsp3) is 0.455. The first-order chi connectivity index (χ1) is 7.15. The molecule has 1 unspecified atom stereocenters. The lowest BCUT2D eigenvalue weighted by Gasteiger charge is -2.12. The van der Waals surface area contributed by atoms with E-state index in [9.17, 15) is 4.79 Å². The molecule has 0 aliphatic rings. The summed E-state index contributed by atoms with van der Waals surface area (Å²) in [4.78, 5) is 14.8. The van der Waals surface area contributed by atoms with Gasteiger partial charge >= 0.3 is 5.97 Å². The van der Waals surface area contributed by atoms with Crippen LogP contribution in [0.4, 0.5) is 5.69 Å². The number of carboxylic acid groups (broad SMARTS) is 1. The van der Waals surface area contributed by atoms with Gasteiger partial charge in [0.2, 0.25) is 0 Å². The van der Waals surface area contributed by atoms with Gasteiger partial charge in [0.1, 0.15) is 0 Å². The summed E-state index contributed by atoms with van der Waals surface area (Å²) in [6.07, 6.45) is 4.10. The van der Waals surface area contributed by atoms with Crippen LogP contribution in [0.1, 0.15) is 30.6 Å². The Balaban J connectivity index is 2.72. The molecule has 0 amide bonds. The summed E-state index contributed by atoms with van der Waals surface area (Å²) in [5, 5.41) is 12.0. The maximum absolute atomic E-state index is 10.9. The first-order valence-electron chi connectivity index (χ1n) is 5.06. The van der Waals surface area contributed by atoms with Gasteiger partial charge in [-0.2, -0.15) is 0 Å². The summed E-state index contributed by atoms with van der Waals surface area (Å²) in [6.45, 7) is 4.99. The number of rotatable bonds is 5. The fourth-order valence-corrected chi connectivity index (χ4v) is 1.15. The van der Waals surface area contributed by atoms with Crippen molar-refractivity contribution in [3.63, 3.8) is 0 Å². The molecule has 82 valence electrons. The van der Waals surface area contributed by atoms with Gasteiger partial charge in [-0.05, 0) is 12.0 Å². The van der Waals surface area contributed by atoms with Crippen LogP contribution < -0.4 is 5.32 Å². The Hall–Kier alpha value is -1.58. The second-order valence-corrected chi connectivity index (χ2v) is 3.62. The number of hydrogen-bond acceptors (Lipinski definition) is 3. The lowest BCUT2D eigenvalue weighted by molar-refractivity contribution is 0.0698. The minimum Gasteiger partial charge on any atom is -0.478 e. The van der Waals surface area contributed by atoms with E-state index in [1.165, 1.54) is 12.3 Å². The lowest BCUT2D eigenvalue weighted by Crippen LogP contribution is -2.13. The maximum atomic E-state index is 10.9. The van der Waals surface area contributed by atoms with Crippen molar-refractivity contribution in [1.82, 2.24) is 4.98 Å². The summed E-state index contributed by atoms with van der Waals surface area (Å²) < 4.78 is 0. The van der Waals surface area contributed by atoms with E-state index in [0.29, 0.717) is 11.6 Å². The van der Waals surface area contributed by atoms with Gasteiger partial charge in [-0.1, -0.05) is 20.3 Å². The highest BCUT2D eigenvalue weighted by Crippen LogP contribution is 2.14. The standard InChI is InChI=1S/C11H16N2O2/c1-3-8(2)6-13-10-7-12-5-4-9(10)11(14)15/h4-5,7-8,13H,3,6H2,1-2H3,(H,14,15). The molecule has 4 nitrogen and oxygen atoms in total. The minimum absolute atomic E-state index is 0.272. The van der Waals surface area contributed by atoms with Crippen LogP contribution >= 0.6 is 0 Å². The molecule has 0 aromatic carbocycles. The second-order valence-electron chi connectivity index (χ2n) is 3.62. The molecular weight excluding hydrogens is 192 g/mol. The SMILES string of the molecule is CCC(C)CNc1cnccc1C(=O)O. The summed E-state index contributed by atoms with van der Waals surface area (Å²) in [7, 11) is 0. The zero-order valence-corrected chi connectivity index (χ0v) is 9.03. The van der Waals surface area contributed by atoms with E-state index >= 15 is 0 Å². The van der Waals surface area contributed by atoms with Gasteiger partial charge in [-0.15, -0.1) is 0 Å². The number of nitrogens with zero attached hydrogens (tertiary/aromatic N) is 1. The molecule has 0 aliphatic heterocycles. The van der Waals surface area contributed by atoms with E-state index in [4.69, 9.17) is 5.11 Å². The number of carbonyl (C=O) groups is 1. The third kappa shape index (κ3) is 3.23. The van der Waals surface area contributed by atoms with Gasteiger partial charge in [-0.25, -0.2) is 4.79 Å². The number of hydrogen-bond donors (Lipinski definition) is 2. The zero-order chi connectivity index (χ0) is 11.3. The zero-order valence-electron chi connectivity index (χ0n) is 9.03. The molecule has 15 heavy (non-hydrogen) atoms. The first-order valence-corrected chi connectivity index (χ1v) is 5.06. The molecule has 2 N–H and O–H groups in total. The van der Waals surface area contributed by atoms with E-state index in [1.54, 1.807) is 6.20 Å². The summed E-state index contributed by atoms with van der Waals surface area (Å²) >= 11 is 0. The topological polar surface area (TPSA) is 62.2 Å². The van der Waals surface area contributed by atoms with Crippen molar-refractivity contribution in [3.05, 3.63) is 24.0 Å². The average Bonchev–Trinajstić information content (AvgIpc) is 2.26. The van der Waals surface area contributed by atoms with Crippen molar-refractivity contribution >= 4 is 11.7 Å². The fourth-order valence-electron chi connectivity index (χ4n) is 1.15. The number of pyridine rings is 1. The van der Waals surface area contributed by atoms with Gasteiger partial charge < -0.3 is 10.4 Å². The quantitative estimate of drug-likeness (QED) is 0.779. The van der Waals surface area contributed by atoms with Gasteiger partial charge in [0, 0.05) is 12.7 Å². The van der Waals surface area contributed by atoms with Gasteiger partial charge in [-0.3, -0.25) is 4.98 Å². The van der Waals surface area contributed by atoms with Crippen molar-refractivity contribution in [1.29, 1.82) is 0 Å². The first kappa shape index (κ1) is 11.5. The Morgan fingerprint density at radius 1 is 1.67 bits per heavy atom. The minimum atomic E-state index is -0.927. The van der Waals surface area contributed by atoms with Crippen LogP contribution in [-0.2, 0) is 0 Å². The van der Waals surface area contributed by atoms with Crippen molar-refractivity contribution in [2.24, 2.45) is 5.92 Å². The molecule has 0 spiro atoms. The Bertz CT molecular complexity index is 339. The number of aromatic carboxylic acids is 1. The van der Waals surface area contributed by atoms with Crippen LogP contribution in [0.25, 0.3) is 0 Å². The maximum Gasteiger partial charge on any atom is 0.337 e. The Morgan fingerprint density at radius 3 is 3.00 bits per heavy atom. The van der Waals surface area contributed by atoms with Crippen LogP contribution in [0.15, 0.2) is 18.5 Å². The van der Waals surface area contributed by atoms with Crippen LogP contribution in [0.3, 0.4) is 0 Å². The number of nitrogens with one attached hydrogen (secondary N) is 1. The summed E-state index contributed by atoms with van der Waals surface area (Å²) in [5.41, 5.74) is 0.860. The number of anilines is 1. The van der Waals surface area contributed by atoms with Crippen LogP contribution in [0.5, 0.6) is 0 Å². The molecule has 4 heteroatoms. The Kier molecular flexibility index (Phi) is 4.09. The second kappa shape index (κ2) is 5.34. The molecular formula is C11H16N2O2. The molecule has 0 fully saturated rings.